The number of fused-ring (bicyclic) bond motifs is 1. The van der Waals surface area contributed by atoms with E-state index >= 15 is 0 Å². The van der Waals surface area contributed by atoms with E-state index in [2.05, 4.69) is 6.92 Å². The number of rotatable bonds is 4. The minimum absolute atomic E-state index is 0.187. The molecule has 1 fully saturated rings. The van der Waals surface area contributed by atoms with Gasteiger partial charge in [0.1, 0.15) is 5.60 Å². The molecule has 1 amide bonds. The van der Waals surface area contributed by atoms with Gasteiger partial charge in [0.05, 0.1) is 12.1 Å². The average molecular weight is 372 g/mol. The van der Waals surface area contributed by atoms with Gasteiger partial charge in [-0.25, -0.2) is 9.59 Å². The Hall–Kier alpha value is -2.50. The number of likely N-dealkylation sites (tertiary alicyclic amines) is 1. The summed E-state index contributed by atoms with van der Waals surface area (Å²) in [7, 11) is 0. The van der Waals surface area contributed by atoms with Gasteiger partial charge in [0.2, 0.25) is 0 Å². The van der Waals surface area contributed by atoms with E-state index in [0.29, 0.717) is 19.7 Å². The molecular formula is C21H28N2O4. The number of amides is 1. The lowest BCUT2D eigenvalue weighted by atomic mass is 9.91. The highest BCUT2D eigenvalue weighted by atomic mass is 16.6. The Kier molecular flexibility index (Phi) is 5.44. The number of carbonyl (C=O) groups is 2. The maximum absolute atomic E-state index is 12.5. The Bertz CT molecular complexity index is 828. The summed E-state index contributed by atoms with van der Waals surface area (Å²) in [5.74, 6) is 0.187. The number of aromatic nitrogens is 1. The van der Waals surface area contributed by atoms with E-state index in [1.807, 2.05) is 51.2 Å². The van der Waals surface area contributed by atoms with E-state index in [-0.39, 0.29) is 18.1 Å². The molecule has 6 heteroatoms. The zero-order valence-electron chi connectivity index (χ0n) is 16.5. The molecule has 0 atom stereocenters. The third-order valence-electron chi connectivity index (χ3n) is 4.64. The molecule has 146 valence electrons. The predicted molar refractivity (Wildman–Crippen MR) is 104 cm³/mol. The summed E-state index contributed by atoms with van der Waals surface area (Å²) in [6, 6.07) is 7.81. The third-order valence-corrected chi connectivity index (χ3v) is 4.64. The zero-order valence-corrected chi connectivity index (χ0v) is 16.5. The van der Waals surface area contributed by atoms with Crippen LogP contribution in [-0.2, 0) is 9.47 Å². The van der Waals surface area contributed by atoms with Crippen LogP contribution in [0, 0.1) is 0 Å². The number of nitrogens with zero attached hydrogens (tertiary/aromatic N) is 2. The molecule has 3 rings (SSSR count). The Morgan fingerprint density at radius 1 is 1.15 bits per heavy atom. The predicted octanol–water partition coefficient (Wildman–Crippen LogP) is 4.76. The topological polar surface area (TPSA) is 60.8 Å². The van der Waals surface area contributed by atoms with Crippen LogP contribution >= 0.6 is 0 Å². The maximum Gasteiger partial charge on any atom is 0.418 e. The summed E-state index contributed by atoms with van der Waals surface area (Å²) in [5, 5.41) is 1.03. The van der Waals surface area contributed by atoms with Gasteiger partial charge >= 0.3 is 12.2 Å². The number of ether oxygens (including phenoxy) is 2. The maximum atomic E-state index is 12.5. The van der Waals surface area contributed by atoms with Gasteiger partial charge in [-0.05, 0) is 38.8 Å². The summed E-state index contributed by atoms with van der Waals surface area (Å²) in [4.78, 5) is 26.3. The minimum Gasteiger partial charge on any atom is -0.449 e. The van der Waals surface area contributed by atoms with E-state index in [1.54, 1.807) is 9.47 Å². The second-order valence-electron chi connectivity index (χ2n) is 8.02. The Morgan fingerprint density at radius 2 is 1.85 bits per heavy atom. The second kappa shape index (κ2) is 7.62. The molecule has 0 aliphatic carbocycles. The van der Waals surface area contributed by atoms with E-state index in [1.165, 1.54) is 0 Å². The number of hydrogen-bond acceptors (Lipinski definition) is 4. The normalized spacial score (nSPS) is 14.9. The fourth-order valence-corrected chi connectivity index (χ4v) is 3.21. The van der Waals surface area contributed by atoms with Crippen LogP contribution in [0.25, 0.3) is 10.9 Å². The zero-order chi connectivity index (χ0) is 19.6. The van der Waals surface area contributed by atoms with Crippen LogP contribution in [0.3, 0.4) is 0 Å². The van der Waals surface area contributed by atoms with Gasteiger partial charge in [0.15, 0.2) is 0 Å². The molecule has 0 radical (unpaired) electrons. The van der Waals surface area contributed by atoms with Crippen molar-refractivity contribution < 1.29 is 19.1 Å². The van der Waals surface area contributed by atoms with Crippen molar-refractivity contribution in [2.75, 3.05) is 19.7 Å². The molecular weight excluding hydrogens is 344 g/mol. The Balaban J connectivity index is 1.75. The number of unbranched alkanes of at least 4 members (excludes halogenated alkanes) is 1. The SMILES string of the molecule is CCCCOC(=O)n1cc(C2CN(C(=O)OC(C)(C)C)C2)c2ccccc21. The molecule has 1 aromatic carbocycles. The van der Waals surface area contributed by atoms with Gasteiger partial charge in [-0.2, -0.15) is 0 Å². The van der Waals surface area contributed by atoms with Crippen LogP contribution in [0.15, 0.2) is 30.5 Å². The van der Waals surface area contributed by atoms with Gasteiger partial charge in [-0.15, -0.1) is 0 Å². The van der Waals surface area contributed by atoms with Crippen molar-refractivity contribution in [3.05, 3.63) is 36.0 Å². The van der Waals surface area contributed by atoms with Gasteiger partial charge < -0.3 is 14.4 Å². The van der Waals surface area contributed by atoms with Gasteiger partial charge in [0.25, 0.3) is 0 Å². The van der Waals surface area contributed by atoms with Gasteiger partial charge in [0, 0.05) is 30.6 Å². The molecule has 0 bridgehead atoms. The molecule has 2 heterocycles. The fraction of sp³-hybridized carbons (Fsp3) is 0.524. The number of hydrogen-bond donors (Lipinski definition) is 0. The molecule has 1 aliphatic rings. The van der Waals surface area contributed by atoms with E-state index in [9.17, 15) is 9.59 Å². The monoisotopic (exact) mass is 372 g/mol. The highest BCUT2D eigenvalue weighted by Crippen LogP contribution is 2.34. The molecule has 27 heavy (non-hydrogen) atoms. The van der Waals surface area contributed by atoms with Crippen molar-refractivity contribution in [2.45, 2.75) is 52.1 Å². The third kappa shape index (κ3) is 4.26. The van der Waals surface area contributed by atoms with Crippen molar-refractivity contribution in [2.24, 2.45) is 0 Å². The van der Waals surface area contributed by atoms with Crippen LogP contribution in [0.4, 0.5) is 9.59 Å². The largest absolute Gasteiger partial charge is 0.449 e. The number of benzene rings is 1. The lowest BCUT2D eigenvalue weighted by molar-refractivity contribution is 0.00827. The van der Waals surface area contributed by atoms with Gasteiger partial charge in [-0.1, -0.05) is 31.5 Å². The highest BCUT2D eigenvalue weighted by Gasteiger charge is 2.36. The number of carbonyl (C=O) groups excluding carboxylic acids is 2. The first-order valence-electron chi connectivity index (χ1n) is 9.55. The first-order chi connectivity index (χ1) is 12.8. The van der Waals surface area contributed by atoms with Crippen molar-refractivity contribution >= 4 is 23.1 Å². The second-order valence-corrected chi connectivity index (χ2v) is 8.02. The first-order valence-corrected chi connectivity index (χ1v) is 9.55. The minimum atomic E-state index is -0.500. The molecule has 1 aliphatic heterocycles. The van der Waals surface area contributed by atoms with E-state index < -0.39 is 5.60 Å². The Morgan fingerprint density at radius 3 is 2.52 bits per heavy atom. The summed E-state index contributed by atoms with van der Waals surface area (Å²) in [6.45, 7) is 9.25. The summed E-state index contributed by atoms with van der Waals surface area (Å²) < 4.78 is 12.4. The lowest BCUT2D eigenvalue weighted by Gasteiger charge is -2.39. The fourth-order valence-electron chi connectivity index (χ4n) is 3.21. The van der Waals surface area contributed by atoms with Crippen LogP contribution < -0.4 is 0 Å². The van der Waals surface area contributed by atoms with Crippen molar-refractivity contribution in [1.29, 1.82) is 0 Å². The van der Waals surface area contributed by atoms with Crippen molar-refractivity contribution in [3.63, 3.8) is 0 Å². The average Bonchev–Trinajstić information content (AvgIpc) is 2.92. The standard InChI is InChI=1S/C21H28N2O4/c1-5-6-11-26-20(25)23-14-17(16-9-7-8-10-18(16)23)15-12-22(13-15)19(24)27-21(2,3)4/h7-10,14-15H,5-6,11-13H2,1-4H3. The van der Waals surface area contributed by atoms with Crippen molar-refractivity contribution in [1.82, 2.24) is 9.47 Å². The van der Waals surface area contributed by atoms with E-state index in [4.69, 9.17) is 9.47 Å². The van der Waals surface area contributed by atoms with Crippen LogP contribution in [-0.4, -0.2) is 47.0 Å². The van der Waals surface area contributed by atoms with Crippen LogP contribution in [0.2, 0.25) is 0 Å². The van der Waals surface area contributed by atoms with Crippen LogP contribution in [0.1, 0.15) is 52.0 Å². The highest BCUT2D eigenvalue weighted by molar-refractivity contribution is 5.92. The van der Waals surface area contributed by atoms with Gasteiger partial charge in [-0.3, -0.25) is 4.57 Å². The summed E-state index contributed by atoms with van der Waals surface area (Å²) in [5.41, 5.74) is 1.41. The smallest absolute Gasteiger partial charge is 0.418 e. The quantitative estimate of drug-likeness (QED) is 0.726. The molecule has 2 aromatic rings. The first kappa shape index (κ1) is 19.3. The Labute approximate surface area is 160 Å². The summed E-state index contributed by atoms with van der Waals surface area (Å²) >= 11 is 0. The number of para-hydroxylation sites is 1. The van der Waals surface area contributed by atoms with E-state index in [0.717, 1.165) is 29.3 Å². The lowest BCUT2D eigenvalue weighted by Crippen LogP contribution is -2.50. The molecule has 0 unspecified atom stereocenters. The molecule has 0 saturated carbocycles. The van der Waals surface area contributed by atoms with Crippen LogP contribution in [0.5, 0.6) is 0 Å². The molecule has 0 N–H and O–H groups in total. The molecule has 6 nitrogen and oxygen atoms in total. The molecule has 1 saturated heterocycles. The molecule has 1 aromatic heterocycles. The molecule has 0 spiro atoms. The van der Waals surface area contributed by atoms with Crippen molar-refractivity contribution in [3.8, 4) is 0 Å². The summed E-state index contributed by atoms with van der Waals surface area (Å²) in [6.07, 6.45) is 3.05.